The molecule has 0 atom stereocenters. The van der Waals surface area contributed by atoms with Crippen LogP contribution in [0.5, 0.6) is 11.6 Å². The van der Waals surface area contributed by atoms with Crippen LogP contribution in [0.15, 0.2) is 28.7 Å². The van der Waals surface area contributed by atoms with E-state index in [9.17, 15) is 13.2 Å². The van der Waals surface area contributed by atoms with Gasteiger partial charge >= 0.3 is 6.18 Å². The Morgan fingerprint density at radius 2 is 1.80 bits per heavy atom. The van der Waals surface area contributed by atoms with Crippen LogP contribution in [0.4, 0.5) is 13.2 Å². The first-order valence-electron chi connectivity index (χ1n) is 5.00. The summed E-state index contributed by atoms with van der Waals surface area (Å²) in [4.78, 5) is 6.34. The Bertz CT molecular complexity index is 652. The highest BCUT2D eigenvalue weighted by Gasteiger charge is 2.35. The van der Waals surface area contributed by atoms with E-state index in [1.54, 1.807) is 6.07 Å². The number of halogens is 6. The Kier molecular flexibility index (Phi) is 4.41. The number of benzene rings is 1. The molecule has 0 unspecified atom stereocenters. The lowest BCUT2D eigenvalue weighted by Crippen LogP contribution is -2.11. The van der Waals surface area contributed by atoms with Crippen LogP contribution < -0.4 is 4.74 Å². The number of hydrogen-bond donors (Lipinski definition) is 0. The van der Waals surface area contributed by atoms with Gasteiger partial charge in [-0.05, 0) is 18.2 Å². The topological polar surface area (TPSA) is 35.0 Å². The number of nitrogens with zero attached hydrogens (tertiary/aromatic N) is 2. The van der Waals surface area contributed by atoms with E-state index in [2.05, 4.69) is 25.9 Å². The summed E-state index contributed by atoms with van der Waals surface area (Å²) in [6.07, 6.45) is -4.72. The van der Waals surface area contributed by atoms with E-state index in [1.807, 2.05) is 0 Å². The summed E-state index contributed by atoms with van der Waals surface area (Å²) in [5.41, 5.74) is 0. The van der Waals surface area contributed by atoms with Gasteiger partial charge in [-0.1, -0.05) is 39.1 Å². The number of ether oxygens (including phenoxy) is 1. The predicted octanol–water partition coefficient (Wildman–Crippen LogP) is 5.36. The Balaban J connectivity index is 2.36. The Morgan fingerprint density at radius 1 is 1.10 bits per heavy atom. The zero-order chi connectivity index (χ0) is 14.9. The van der Waals surface area contributed by atoms with Gasteiger partial charge in [0.2, 0.25) is 11.7 Å². The van der Waals surface area contributed by atoms with E-state index in [1.165, 1.54) is 12.1 Å². The van der Waals surface area contributed by atoms with Gasteiger partial charge < -0.3 is 4.74 Å². The summed E-state index contributed by atoms with van der Waals surface area (Å²) in [5, 5.41) is -0.168. The molecule has 0 N–H and O–H groups in total. The molecule has 3 nitrogen and oxygen atoms in total. The minimum absolute atomic E-state index is 0.151. The molecule has 0 saturated heterocycles. The molecule has 0 saturated carbocycles. The molecule has 0 spiro atoms. The minimum Gasteiger partial charge on any atom is -0.437 e. The maximum Gasteiger partial charge on any atom is 0.451 e. The van der Waals surface area contributed by atoms with Crippen molar-refractivity contribution in [3.8, 4) is 11.6 Å². The van der Waals surface area contributed by atoms with Crippen LogP contribution in [0.1, 0.15) is 5.82 Å². The van der Waals surface area contributed by atoms with Crippen LogP contribution in [0.25, 0.3) is 0 Å². The molecule has 0 amide bonds. The summed E-state index contributed by atoms with van der Waals surface area (Å²) in [7, 11) is 0. The van der Waals surface area contributed by atoms with E-state index >= 15 is 0 Å². The third kappa shape index (κ3) is 3.74. The van der Waals surface area contributed by atoms with E-state index in [0.29, 0.717) is 4.47 Å². The number of hydrogen-bond acceptors (Lipinski definition) is 3. The van der Waals surface area contributed by atoms with Gasteiger partial charge in [-0.2, -0.15) is 18.2 Å². The van der Waals surface area contributed by atoms with Crippen LogP contribution in [0.2, 0.25) is 10.2 Å². The fourth-order valence-electron chi connectivity index (χ4n) is 1.25. The van der Waals surface area contributed by atoms with E-state index in [4.69, 9.17) is 27.9 Å². The lowest BCUT2D eigenvalue weighted by Gasteiger charge is -2.10. The maximum absolute atomic E-state index is 12.5. The highest BCUT2D eigenvalue weighted by atomic mass is 79.9. The molecule has 0 radical (unpaired) electrons. The molecular formula is C11H4BrCl2F3N2O. The third-order valence-corrected chi connectivity index (χ3v) is 3.02. The second kappa shape index (κ2) is 5.75. The number of aromatic nitrogens is 2. The smallest absolute Gasteiger partial charge is 0.437 e. The lowest BCUT2D eigenvalue weighted by molar-refractivity contribution is -0.145. The van der Waals surface area contributed by atoms with Crippen molar-refractivity contribution in [1.29, 1.82) is 0 Å². The van der Waals surface area contributed by atoms with Crippen molar-refractivity contribution in [2.45, 2.75) is 6.18 Å². The van der Waals surface area contributed by atoms with Crippen molar-refractivity contribution in [2.24, 2.45) is 0 Å². The molecule has 1 aromatic heterocycles. The first kappa shape index (κ1) is 15.3. The monoisotopic (exact) mass is 386 g/mol. The first-order chi connectivity index (χ1) is 9.25. The van der Waals surface area contributed by atoms with Gasteiger partial charge in [0.25, 0.3) is 0 Å². The Hall–Kier alpha value is -1.05. The molecule has 106 valence electrons. The van der Waals surface area contributed by atoms with Gasteiger partial charge in [0.15, 0.2) is 0 Å². The van der Waals surface area contributed by atoms with Crippen molar-refractivity contribution in [3.63, 3.8) is 0 Å². The summed E-state index contributed by atoms with van der Waals surface area (Å²) in [6, 6.07) is 5.70. The third-order valence-electron chi connectivity index (χ3n) is 2.03. The zero-order valence-electron chi connectivity index (χ0n) is 9.38. The fourth-order valence-corrected chi connectivity index (χ4v) is 2.13. The Morgan fingerprint density at radius 3 is 2.40 bits per heavy atom. The van der Waals surface area contributed by atoms with E-state index < -0.39 is 12.0 Å². The van der Waals surface area contributed by atoms with Crippen LogP contribution in [0.3, 0.4) is 0 Å². The summed E-state index contributed by atoms with van der Waals surface area (Å²) in [6.45, 7) is 0. The van der Waals surface area contributed by atoms with Crippen molar-refractivity contribution in [3.05, 3.63) is 44.7 Å². The van der Waals surface area contributed by atoms with Crippen molar-refractivity contribution in [1.82, 2.24) is 9.97 Å². The van der Waals surface area contributed by atoms with E-state index in [-0.39, 0.29) is 21.8 Å². The highest BCUT2D eigenvalue weighted by molar-refractivity contribution is 9.10. The highest BCUT2D eigenvalue weighted by Crippen LogP contribution is 2.33. The van der Waals surface area contributed by atoms with Gasteiger partial charge in [0.05, 0.1) is 5.02 Å². The molecule has 2 rings (SSSR count). The molecule has 1 heterocycles. The molecule has 0 aliphatic carbocycles. The Labute approximate surface area is 129 Å². The van der Waals surface area contributed by atoms with Gasteiger partial charge in [-0.3, -0.25) is 0 Å². The van der Waals surface area contributed by atoms with Gasteiger partial charge in [-0.25, -0.2) is 4.98 Å². The summed E-state index contributed by atoms with van der Waals surface area (Å²) in [5.74, 6) is -1.58. The maximum atomic E-state index is 12.5. The molecule has 20 heavy (non-hydrogen) atoms. The minimum atomic E-state index is -4.72. The molecule has 9 heteroatoms. The summed E-state index contributed by atoms with van der Waals surface area (Å²) >= 11 is 14.6. The van der Waals surface area contributed by atoms with Crippen LogP contribution in [-0.2, 0) is 6.18 Å². The molecule has 0 bridgehead atoms. The van der Waals surface area contributed by atoms with E-state index in [0.717, 1.165) is 6.07 Å². The van der Waals surface area contributed by atoms with Gasteiger partial charge in [0.1, 0.15) is 10.9 Å². The predicted molar refractivity (Wildman–Crippen MR) is 71.3 cm³/mol. The quantitative estimate of drug-likeness (QED) is 0.651. The van der Waals surface area contributed by atoms with Gasteiger partial charge in [-0.15, -0.1) is 0 Å². The number of alkyl halides is 3. The molecule has 0 aliphatic heterocycles. The lowest BCUT2D eigenvalue weighted by atomic mass is 10.3. The molecule has 0 fully saturated rings. The molecule has 0 aliphatic rings. The second-order valence-corrected chi connectivity index (χ2v) is 5.24. The second-order valence-electron chi connectivity index (χ2n) is 3.53. The molecule has 2 aromatic rings. The van der Waals surface area contributed by atoms with Crippen molar-refractivity contribution >= 4 is 39.1 Å². The molecule has 1 aromatic carbocycles. The summed E-state index contributed by atoms with van der Waals surface area (Å²) < 4.78 is 43.5. The van der Waals surface area contributed by atoms with Gasteiger partial charge in [0, 0.05) is 10.5 Å². The number of rotatable bonds is 2. The average Bonchev–Trinajstić information content (AvgIpc) is 2.31. The zero-order valence-corrected chi connectivity index (χ0v) is 12.5. The van der Waals surface area contributed by atoms with Crippen LogP contribution in [0, 0.1) is 0 Å². The largest absolute Gasteiger partial charge is 0.451 e. The first-order valence-corrected chi connectivity index (χ1v) is 6.55. The normalized spacial score (nSPS) is 11.5. The molecular weight excluding hydrogens is 384 g/mol. The fraction of sp³-hybridized carbons (Fsp3) is 0.0909. The van der Waals surface area contributed by atoms with Crippen molar-refractivity contribution < 1.29 is 17.9 Å². The van der Waals surface area contributed by atoms with Crippen molar-refractivity contribution in [2.75, 3.05) is 0 Å². The standard InChI is InChI=1S/C11H4BrCl2F3N2O/c12-5-1-2-7(6(13)3-5)20-9-4-8(14)18-10(19-9)11(15,16)17/h1-4H. The van der Waals surface area contributed by atoms with Crippen LogP contribution >= 0.6 is 39.1 Å². The SMILES string of the molecule is FC(F)(F)c1nc(Cl)cc(Oc2ccc(Br)cc2Cl)n1. The van der Waals surface area contributed by atoms with Crippen LogP contribution in [-0.4, -0.2) is 9.97 Å². The average molecular weight is 388 g/mol.